The molecule has 1 amide bonds. The lowest BCUT2D eigenvalue weighted by Gasteiger charge is -2.32. The van der Waals surface area contributed by atoms with Gasteiger partial charge in [0.05, 0.1) is 10.7 Å². The summed E-state index contributed by atoms with van der Waals surface area (Å²) in [6.45, 7) is 2.64. The molecule has 196 valence electrons. The number of nitrogens with zero attached hydrogens (tertiary/aromatic N) is 2. The number of rotatable bonds is 9. The first-order valence-corrected chi connectivity index (χ1v) is 13.5. The number of carbonyl (C=O) groups excluding carboxylic acids is 1. The molecule has 1 aromatic carbocycles. The van der Waals surface area contributed by atoms with E-state index in [4.69, 9.17) is 5.41 Å². The van der Waals surface area contributed by atoms with E-state index in [1.807, 2.05) is 0 Å². The maximum absolute atomic E-state index is 12.7. The number of nitrogens with one attached hydrogen (secondary N) is 3. The molecule has 0 spiro atoms. The van der Waals surface area contributed by atoms with Gasteiger partial charge in [0, 0.05) is 66.9 Å². The number of hydrogen-bond donors (Lipinski definition) is 3. The van der Waals surface area contributed by atoms with Gasteiger partial charge in [0.25, 0.3) is 5.91 Å². The van der Waals surface area contributed by atoms with Crippen LogP contribution in [0.1, 0.15) is 70.0 Å². The van der Waals surface area contributed by atoms with Crippen molar-refractivity contribution in [2.45, 2.75) is 70.1 Å². The Morgan fingerprint density at radius 1 is 1.28 bits per heavy atom. The summed E-state index contributed by atoms with van der Waals surface area (Å²) in [5, 5.41) is 14.3. The molecule has 2 heterocycles. The van der Waals surface area contributed by atoms with E-state index in [-0.39, 0.29) is 18.4 Å². The molecule has 36 heavy (non-hydrogen) atoms. The zero-order valence-corrected chi connectivity index (χ0v) is 21.4. The number of aryl methyl sites for hydroxylation is 1. The van der Waals surface area contributed by atoms with Gasteiger partial charge >= 0.3 is 6.18 Å². The van der Waals surface area contributed by atoms with Gasteiger partial charge < -0.3 is 16.0 Å². The number of benzene rings is 1. The van der Waals surface area contributed by atoms with Gasteiger partial charge in [0.2, 0.25) is 0 Å². The van der Waals surface area contributed by atoms with Gasteiger partial charge in [-0.1, -0.05) is 6.07 Å². The maximum atomic E-state index is 12.7. The molecule has 0 saturated heterocycles. The molecule has 3 N–H and O–H groups in total. The highest BCUT2D eigenvalue weighted by atomic mass is 32.1. The molecule has 0 radical (unpaired) electrons. The van der Waals surface area contributed by atoms with Crippen LogP contribution in [0.2, 0.25) is 0 Å². The maximum Gasteiger partial charge on any atom is 0.389 e. The van der Waals surface area contributed by atoms with Crippen molar-refractivity contribution < 1.29 is 18.0 Å². The van der Waals surface area contributed by atoms with Crippen molar-refractivity contribution in [2.75, 3.05) is 25.5 Å². The molecule has 0 unspecified atom stereocenters. The topological polar surface area (TPSA) is 81.1 Å². The average Bonchev–Trinajstić information content (AvgIpc) is 3.28. The molecule has 2 aromatic rings. The quantitative estimate of drug-likeness (QED) is 0.385. The fraction of sp³-hybridized carbons (Fsp3) is 0.577. The van der Waals surface area contributed by atoms with Crippen molar-refractivity contribution in [2.24, 2.45) is 5.92 Å². The van der Waals surface area contributed by atoms with Gasteiger partial charge in [0.15, 0.2) is 0 Å². The van der Waals surface area contributed by atoms with Crippen LogP contribution in [0.5, 0.6) is 0 Å². The second kappa shape index (κ2) is 11.7. The molecule has 1 aliphatic heterocycles. The number of aromatic nitrogens is 1. The van der Waals surface area contributed by atoms with Crippen LogP contribution in [-0.4, -0.2) is 54.4 Å². The molecular formula is C26H34F3N5OS. The van der Waals surface area contributed by atoms with E-state index in [9.17, 15) is 18.0 Å². The summed E-state index contributed by atoms with van der Waals surface area (Å²) >= 11 is 1.45. The van der Waals surface area contributed by atoms with Crippen LogP contribution in [-0.2, 0) is 19.4 Å². The van der Waals surface area contributed by atoms with Gasteiger partial charge in [-0.05, 0) is 63.1 Å². The van der Waals surface area contributed by atoms with Crippen molar-refractivity contribution in [3.8, 4) is 0 Å². The van der Waals surface area contributed by atoms with Crippen LogP contribution in [0, 0.1) is 11.3 Å². The molecular weight excluding hydrogens is 487 g/mol. The minimum atomic E-state index is -4.14. The highest BCUT2D eigenvalue weighted by molar-refractivity contribution is 7.11. The van der Waals surface area contributed by atoms with Gasteiger partial charge in [0.1, 0.15) is 0 Å². The van der Waals surface area contributed by atoms with Crippen molar-refractivity contribution >= 4 is 29.1 Å². The highest BCUT2D eigenvalue weighted by Crippen LogP contribution is 2.31. The highest BCUT2D eigenvalue weighted by Gasteiger charge is 2.29. The van der Waals surface area contributed by atoms with Gasteiger partial charge in [-0.3, -0.25) is 9.69 Å². The zero-order valence-electron chi connectivity index (χ0n) is 20.6. The lowest BCUT2D eigenvalue weighted by Crippen LogP contribution is -2.38. The van der Waals surface area contributed by atoms with Gasteiger partial charge in [-0.2, -0.15) is 13.2 Å². The Morgan fingerprint density at radius 2 is 2.06 bits per heavy atom. The Labute approximate surface area is 214 Å². The Balaban J connectivity index is 1.19. The second-order valence-corrected chi connectivity index (χ2v) is 11.0. The van der Waals surface area contributed by atoms with E-state index >= 15 is 0 Å². The molecule has 1 aliphatic carbocycles. The number of amides is 1. The van der Waals surface area contributed by atoms with E-state index in [0.29, 0.717) is 16.5 Å². The molecule has 0 bridgehead atoms. The summed E-state index contributed by atoms with van der Waals surface area (Å²) in [7, 11) is 1.78. The third-order valence-corrected chi connectivity index (χ3v) is 8.47. The van der Waals surface area contributed by atoms with Crippen LogP contribution in [0.4, 0.5) is 18.9 Å². The van der Waals surface area contributed by atoms with Gasteiger partial charge in [-0.15, -0.1) is 11.3 Å². The number of halogens is 3. The molecule has 6 nitrogen and oxygen atoms in total. The summed E-state index contributed by atoms with van der Waals surface area (Å²) in [6.07, 6.45) is 2.36. The molecule has 1 saturated carbocycles. The fourth-order valence-corrected chi connectivity index (χ4v) is 6.19. The lowest BCUT2D eigenvalue weighted by molar-refractivity contribution is -0.134. The fourth-order valence-electron chi connectivity index (χ4n) is 5.12. The molecule has 1 fully saturated rings. The minimum Gasteiger partial charge on any atom is -0.388 e. The summed E-state index contributed by atoms with van der Waals surface area (Å²) in [4.78, 5) is 20.7. The summed E-state index contributed by atoms with van der Waals surface area (Å²) in [6, 6.07) is 5.50. The number of carbonyl (C=O) groups is 1. The Morgan fingerprint density at radius 3 is 2.75 bits per heavy atom. The molecule has 1 aromatic heterocycles. The number of hydrogen-bond acceptors (Lipinski definition) is 6. The Bertz CT molecular complexity index is 1060. The first-order valence-electron chi connectivity index (χ1n) is 12.6. The van der Waals surface area contributed by atoms with Crippen LogP contribution in [0.15, 0.2) is 18.2 Å². The van der Waals surface area contributed by atoms with Crippen molar-refractivity contribution in [3.05, 3.63) is 44.9 Å². The van der Waals surface area contributed by atoms with E-state index in [1.165, 1.54) is 17.6 Å². The third kappa shape index (κ3) is 7.06. The average molecular weight is 522 g/mol. The number of thiazole rings is 1. The third-order valence-electron chi connectivity index (χ3n) is 7.25. The van der Waals surface area contributed by atoms with E-state index in [2.05, 4.69) is 20.5 Å². The largest absolute Gasteiger partial charge is 0.389 e. The number of alkyl halides is 3. The molecule has 0 atom stereocenters. The predicted molar refractivity (Wildman–Crippen MR) is 137 cm³/mol. The summed E-state index contributed by atoms with van der Waals surface area (Å²) < 4.78 is 37.6. The van der Waals surface area contributed by atoms with Crippen LogP contribution >= 0.6 is 11.3 Å². The summed E-state index contributed by atoms with van der Waals surface area (Å²) in [5.41, 5.74) is 3.07. The zero-order chi connectivity index (χ0) is 25.7. The lowest BCUT2D eigenvalue weighted by atomic mass is 9.84. The van der Waals surface area contributed by atoms with Crippen LogP contribution in [0.25, 0.3) is 0 Å². The standard InChI is InChI=1S/C26H34F3N5OS/c1-31-21-14-18(4-5-19(21)15-30)25(35)32-20-6-2-17(3-7-20)9-12-34-13-10-23-22(16-34)33-24(36-23)8-11-26(27,28)29/h4-5,14-15,17,20,30-31H,2-3,6-13,16H2,1H3,(H,32,35). The second-order valence-electron chi connectivity index (χ2n) is 9.79. The van der Waals surface area contributed by atoms with Crippen LogP contribution < -0.4 is 10.6 Å². The Kier molecular flexibility index (Phi) is 8.66. The molecule has 4 rings (SSSR count). The van der Waals surface area contributed by atoms with E-state index < -0.39 is 12.6 Å². The smallest absolute Gasteiger partial charge is 0.388 e. The number of anilines is 1. The van der Waals surface area contributed by atoms with Crippen LogP contribution in [0.3, 0.4) is 0 Å². The predicted octanol–water partition coefficient (Wildman–Crippen LogP) is 5.41. The summed E-state index contributed by atoms with van der Waals surface area (Å²) in [5.74, 6) is 0.550. The van der Waals surface area contributed by atoms with Gasteiger partial charge in [-0.25, -0.2) is 4.98 Å². The molecule has 2 aliphatic rings. The van der Waals surface area contributed by atoms with Crippen molar-refractivity contribution in [1.29, 1.82) is 5.41 Å². The number of fused-ring (bicyclic) bond motifs is 1. The minimum absolute atomic E-state index is 0.0211. The monoisotopic (exact) mass is 521 g/mol. The SMILES string of the molecule is CNc1cc(C(=O)NC2CCC(CCN3CCc4sc(CCC(F)(F)F)nc4C3)CC2)ccc1C=N. The first-order chi connectivity index (χ1) is 17.2. The normalized spacial score (nSPS) is 20.6. The van der Waals surface area contributed by atoms with E-state index in [1.54, 1.807) is 25.2 Å². The Hall–Kier alpha value is -2.46. The molecule has 10 heteroatoms. The first kappa shape index (κ1) is 26.6. The van der Waals surface area contributed by atoms with Crippen molar-refractivity contribution in [3.63, 3.8) is 0 Å². The van der Waals surface area contributed by atoms with E-state index in [0.717, 1.165) is 80.0 Å². The van der Waals surface area contributed by atoms with Crippen molar-refractivity contribution in [1.82, 2.24) is 15.2 Å².